The van der Waals surface area contributed by atoms with Gasteiger partial charge in [-0.2, -0.15) is 0 Å². The fourth-order valence-electron chi connectivity index (χ4n) is 3.25. The van der Waals surface area contributed by atoms with Crippen molar-refractivity contribution in [2.24, 2.45) is 0 Å². The van der Waals surface area contributed by atoms with Gasteiger partial charge in [-0.05, 0) is 61.2 Å². The van der Waals surface area contributed by atoms with Crippen molar-refractivity contribution in [1.29, 1.82) is 0 Å². The average Bonchev–Trinajstić information content (AvgIpc) is 3.20. The zero-order chi connectivity index (χ0) is 18.4. The van der Waals surface area contributed by atoms with Crippen molar-refractivity contribution in [3.05, 3.63) is 24.0 Å². The van der Waals surface area contributed by atoms with Crippen molar-refractivity contribution in [2.75, 3.05) is 5.32 Å². The third-order valence-electron chi connectivity index (χ3n) is 5.27. The van der Waals surface area contributed by atoms with Crippen molar-refractivity contribution in [1.82, 2.24) is 30.2 Å². The summed E-state index contributed by atoms with van der Waals surface area (Å²) in [6, 6.07) is 6.20. The topological polar surface area (TPSA) is 101 Å². The Bertz CT molecular complexity index is 989. The summed E-state index contributed by atoms with van der Waals surface area (Å²) < 4.78 is 1.83. The number of thioether (sulfide) groups is 1. The third kappa shape index (κ3) is 3.31. The van der Waals surface area contributed by atoms with Crippen molar-refractivity contribution in [3.63, 3.8) is 0 Å². The van der Waals surface area contributed by atoms with E-state index in [4.69, 9.17) is 0 Å². The Kier molecular flexibility index (Phi) is 4.11. The molecule has 0 radical (unpaired) electrons. The van der Waals surface area contributed by atoms with Gasteiger partial charge in [0.2, 0.25) is 11.1 Å². The van der Waals surface area contributed by atoms with E-state index in [1.54, 1.807) is 0 Å². The van der Waals surface area contributed by atoms with Gasteiger partial charge in [-0.15, -0.1) is 5.10 Å². The number of hydrogen-bond donors (Lipinski definition) is 2. The van der Waals surface area contributed by atoms with Gasteiger partial charge in [-0.3, -0.25) is 4.79 Å². The maximum atomic E-state index is 12.6. The van der Waals surface area contributed by atoms with Gasteiger partial charge in [0.15, 0.2) is 0 Å². The lowest BCUT2D eigenvalue weighted by molar-refractivity contribution is -0.115. The minimum absolute atomic E-state index is 0.0663. The maximum Gasteiger partial charge on any atom is 0.237 e. The molecular weight excluding hydrogens is 362 g/mol. The van der Waals surface area contributed by atoms with Gasteiger partial charge in [0.05, 0.1) is 22.3 Å². The van der Waals surface area contributed by atoms with E-state index in [0.717, 1.165) is 35.4 Å². The van der Waals surface area contributed by atoms with Crippen LogP contribution in [0.15, 0.2) is 23.4 Å². The summed E-state index contributed by atoms with van der Waals surface area (Å²) in [6.45, 7) is 1.87. The first-order valence-corrected chi connectivity index (χ1v) is 10.3. The monoisotopic (exact) mass is 383 g/mol. The highest BCUT2D eigenvalue weighted by atomic mass is 32.2. The number of aromatic nitrogens is 6. The van der Waals surface area contributed by atoms with E-state index in [-0.39, 0.29) is 11.2 Å². The van der Waals surface area contributed by atoms with Crippen LogP contribution in [0.2, 0.25) is 0 Å². The van der Waals surface area contributed by atoms with E-state index in [1.807, 2.05) is 29.8 Å². The number of nitrogens with zero attached hydrogens (tertiary/aromatic N) is 5. The first-order chi connectivity index (χ1) is 13.2. The molecule has 0 bridgehead atoms. The summed E-state index contributed by atoms with van der Waals surface area (Å²) in [5.74, 6) is 1.56. The van der Waals surface area contributed by atoms with Crippen LogP contribution in [0.25, 0.3) is 11.0 Å². The van der Waals surface area contributed by atoms with Crippen molar-refractivity contribution in [2.45, 2.75) is 61.4 Å². The van der Waals surface area contributed by atoms with E-state index in [9.17, 15) is 4.79 Å². The number of aromatic amines is 1. The number of amides is 1. The number of carbonyl (C=O) groups excluding carboxylic acids is 1. The second kappa shape index (κ2) is 6.63. The second-order valence-electron chi connectivity index (χ2n) is 7.37. The molecule has 8 nitrogen and oxygen atoms in total. The molecule has 0 saturated heterocycles. The van der Waals surface area contributed by atoms with E-state index in [0.29, 0.717) is 17.1 Å². The van der Waals surface area contributed by atoms with Crippen LogP contribution in [0.4, 0.5) is 5.69 Å². The summed E-state index contributed by atoms with van der Waals surface area (Å²) >= 11 is 1.39. The average molecular weight is 383 g/mol. The number of nitrogens with one attached hydrogen (secondary N) is 2. The molecule has 2 aromatic heterocycles. The Labute approximate surface area is 160 Å². The predicted molar refractivity (Wildman–Crippen MR) is 103 cm³/mol. The highest BCUT2D eigenvalue weighted by Gasteiger charge is 2.29. The lowest BCUT2D eigenvalue weighted by Crippen LogP contribution is -2.23. The van der Waals surface area contributed by atoms with Gasteiger partial charge >= 0.3 is 0 Å². The number of carbonyl (C=O) groups is 1. The Morgan fingerprint density at radius 2 is 2.19 bits per heavy atom. The van der Waals surface area contributed by atoms with Gasteiger partial charge in [0.25, 0.3) is 0 Å². The van der Waals surface area contributed by atoms with Gasteiger partial charge in [-0.1, -0.05) is 18.2 Å². The molecule has 2 saturated carbocycles. The summed E-state index contributed by atoms with van der Waals surface area (Å²) in [7, 11) is 0. The third-order valence-corrected chi connectivity index (χ3v) is 6.31. The standard InChI is InChI=1S/C18H21N7OS/c1-10(27-18-22-23-24-25(18)13-6-7-13)17(26)19-12-5-8-14-15(9-12)21-16(20-14)11-3-2-4-11/h5,8-11,13H,2-4,6-7H2,1H3,(H,19,26)(H,20,21). The first-order valence-electron chi connectivity index (χ1n) is 9.42. The molecule has 0 spiro atoms. The normalized spacial score (nSPS) is 18.4. The van der Waals surface area contributed by atoms with Crippen molar-refractivity contribution < 1.29 is 4.79 Å². The van der Waals surface area contributed by atoms with Crippen LogP contribution in [0.3, 0.4) is 0 Å². The van der Waals surface area contributed by atoms with E-state index < -0.39 is 0 Å². The van der Waals surface area contributed by atoms with Crippen molar-refractivity contribution >= 4 is 34.4 Å². The first kappa shape index (κ1) is 16.7. The predicted octanol–water partition coefficient (Wildman–Crippen LogP) is 3.27. The van der Waals surface area contributed by atoms with Crippen LogP contribution in [0.5, 0.6) is 0 Å². The molecule has 1 unspecified atom stereocenters. The molecule has 2 aliphatic carbocycles. The minimum Gasteiger partial charge on any atom is -0.342 e. The maximum absolute atomic E-state index is 12.6. The molecule has 27 heavy (non-hydrogen) atoms. The lowest BCUT2D eigenvalue weighted by atomic mass is 9.85. The van der Waals surface area contributed by atoms with Gasteiger partial charge < -0.3 is 10.3 Å². The number of fused-ring (bicyclic) bond motifs is 1. The Hall–Kier alpha value is -2.42. The fourth-order valence-corrected chi connectivity index (χ4v) is 4.11. The smallest absolute Gasteiger partial charge is 0.237 e. The van der Waals surface area contributed by atoms with E-state index >= 15 is 0 Å². The highest BCUT2D eigenvalue weighted by Crippen LogP contribution is 2.37. The summed E-state index contributed by atoms with van der Waals surface area (Å²) in [5.41, 5.74) is 2.68. The summed E-state index contributed by atoms with van der Waals surface area (Å²) in [6.07, 6.45) is 5.90. The molecule has 2 aliphatic rings. The Morgan fingerprint density at radius 3 is 2.93 bits per heavy atom. The summed E-state index contributed by atoms with van der Waals surface area (Å²) in [5, 5.41) is 15.2. The summed E-state index contributed by atoms with van der Waals surface area (Å²) in [4.78, 5) is 20.7. The van der Waals surface area contributed by atoms with E-state index in [1.165, 1.54) is 31.0 Å². The number of benzene rings is 1. The van der Waals surface area contributed by atoms with Crippen LogP contribution in [-0.2, 0) is 4.79 Å². The molecule has 1 aromatic carbocycles. The number of rotatable bonds is 6. The number of hydrogen-bond acceptors (Lipinski definition) is 6. The zero-order valence-corrected chi connectivity index (χ0v) is 15.9. The van der Waals surface area contributed by atoms with Crippen LogP contribution >= 0.6 is 11.8 Å². The molecule has 1 amide bonds. The molecule has 9 heteroatoms. The van der Waals surface area contributed by atoms with Crippen LogP contribution in [0.1, 0.15) is 56.8 Å². The number of H-pyrrole nitrogens is 1. The minimum atomic E-state index is -0.295. The SMILES string of the molecule is CC(Sc1nnnn1C1CC1)C(=O)Nc1ccc2nc(C3CCC3)[nH]c2c1. The van der Waals surface area contributed by atoms with Crippen LogP contribution < -0.4 is 5.32 Å². The van der Waals surface area contributed by atoms with Crippen molar-refractivity contribution in [3.8, 4) is 0 Å². The quantitative estimate of drug-likeness (QED) is 0.634. The number of imidazole rings is 1. The molecule has 2 fully saturated rings. The molecule has 3 aromatic rings. The second-order valence-corrected chi connectivity index (χ2v) is 8.68. The molecule has 0 aliphatic heterocycles. The molecule has 5 rings (SSSR count). The fraction of sp³-hybridized carbons (Fsp3) is 0.500. The Morgan fingerprint density at radius 1 is 1.33 bits per heavy atom. The van der Waals surface area contributed by atoms with Gasteiger partial charge in [0, 0.05) is 11.6 Å². The Balaban J connectivity index is 1.27. The number of anilines is 1. The van der Waals surface area contributed by atoms with Crippen LogP contribution in [0, 0.1) is 0 Å². The van der Waals surface area contributed by atoms with E-state index in [2.05, 4.69) is 30.8 Å². The van der Waals surface area contributed by atoms with Gasteiger partial charge in [-0.25, -0.2) is 9.67 Å². The molecule has 2 N–H and O–H groups in total. The molecular formula is C18H21N7OS. The van der Waals surface area contributed by atoms with Gasteiger partial charge in [0.1, 0.15) is 5.82 Å². The number of tetrazole rings is 1. The molecule has 1 atom stereocenters. The van der Waals surface area contributed by atoms with Crippen LogP contribution in [-0.4, -0.2) is 41.3 Å². The molecule has 140 valence electrons. The largest absolute Gasteiger partial charge is 0.342 e. The lowest BCUT2D eigenvalue weighted by Gasteiger charge is -2.22. The highest BCUT2D eigenvalue weighted by molar-refractivity contribution is 8.00. The molecule has 2 heterocycles. The zero-order valence-electron chi connectivity index (χ0n) is 15.1.